The molecule has 2 aromatic rings. The van der Waals surface area contributed by atoms with Crippen LogP contribution in [0.5, 0.6) is 11.8 Å². The minimum Gasteiger partial charge on any atom is -0.484 e. The second kappa shape index (κ2) is 9.35. The van der Waals surface area contributed by atoms with Crippen LogP contribution in [0.15, 0.2) is 42.7 Å². The summed E-state index contributed by atoms with van der Waals surface area (Å²) in [6, 6.07) is 10.3. The van der Waals surface area contributed by atoms with E-state index in [0.29, 0.717) is 11.9 Å². The van der Waals surface area contributed by atoms with Gasteiger partial charge in [0.05, 0.1) is 0 Å². The first-order valence-corrected chi connectivity index (χ1v) is 9.56. The van der Waals surface area contributed by atoms with Crippen LogP contribution in [0.1, 0.15) is 51.0 Å². The summed E-state index contributed by atoms with van der Waals surface area (Å²) in [6.07, 6.45) is 6.96. The van der Waals surface area contributed by atoms with Gasteiger partial charge < -0.3 is 14.8 Å². The number of carbonyl (C=O) groups is 1. The molecule has 0 aliphatic heterocycles. The molecule has 0 atom stereocenters. The summed E-state index contributed by atoms with van der Waals surface area (Å²) in [7, 11) is 0. The molecule has 1 aliphatic carbocycles. The number of ether oxygens (including phenoxy) is 2. The highest BCUT2D eigenvalue weighted by molar-refractivity contribution is 5.77. The maximum absolute atomic E-state index is 12.1. The fourth-order valence-electron chi connectivity index (χ4n) is 3.19. The quantitative estimate of drug-likeness (QED) is 0.809. The zero-order valence-corrected chi connectivity index (χ0v) is 15.9. The molecule has 1 saturated carbocycles. The molecule has 6 nitrogen and oxygen atoms in total. The van der Waals surface area contributed by atoms with Gasteiger partial charge in [-0.3, -0.25) is 4.79 Å². The standard InChI is InChI=1S/C21H27N3O3/c1-15(2)16-4-8-18(9-5-16)26-14-20(25)24-17-6-10-19(11-7-17)27-21-22-12-3-13-23-21/h3-5,8-9,12-13,15,17,19H,6-7,10-11,14H2,1-2H3,(H,24,25). The highest BCUT2D eigenvalue weighted by atomic mass is 16.5. The Labute approximate surface area is 160 Å². The molecule has 1 amide bonds. The van der Waals surface area contributed by atoms with E-state index in [2.05, 4.69) is 29.1 Å². The number of amides is 1. The van der Waals surface area contributed by atoms with Crippen molar-refractivity contribution in [3.05, 3.63) is 48.3 Å². The first kappa shape index (κ1) is 19.1. The summed E-state index contributed by atoms with van der Waals surface area (Å²) in [6.45, 7) is 4.33. The van der Waals surface area contributed by atoms with E-state index in [-0.39, 0.29) is 24.7 Å². The minimum absolute atomic E-state index is 0.0370. The van der Waals surface area contributed by atoms with Gasteiger partial charge in [0.15, 0.2) is 6.61 Å². The number of rotatable bonds is 7. The lowest BCUT2D eigenvalue weighted by atomic mass is 9.93. The van der Waals surface area contributed by atoms with Crippen LogP contribution in [-0.2, 0) is 4.79 Å². The van der Waals surface area contributed by atoms with Gasteiger partial charge in [0.2, 0.25) is 0 Å². The highest BCUT2D eigenvalue weighted by Gasteiger charge is 2.24. The predicted octanol–water partition coefficient (Wildman–Crippen LogP) is 3.49. The van der Waals surface area contributed by atoms with Crippen molar-refractivity contribution in [1.82, 2.24) is 15.3 Å². The van der Waals surface area contributed by atoms with E-state index in [4.69, 9.17) is 9.47 Å². The van der Waals surface area contributed by atoms with E-state index in [1.54, 1.807) is 18.5 Å². The maximum Gasteiger partial charge on any atom is 0.316 e. The smallest absolute Gasteiger partial charge is 0.316 e. The molecule has 6 heteroatoms. The van der Waals surface area contributed by atoms with Gasteiger partial charge in [0, 0.05) is 18.4 Å². The number of nitrogens with zero attached hydrogens (tertiary/aromatic N) is 2. The largest absolute Gasteiger partial charge is 0.484 e. The fourth-order valence-corrected chi connectivity index (χ4v) is 3.19. The number of hydrogen-bond donors (Lipinski definition) is 1. The van der Waals surface area contributed by atoms with Gasteiger partial charge in [-0.05, 0) is 55.4 Å². The first-order chi connectivity index (χ1) is 13.1. The van der Waals surface area contributed by atoms with E-state index in [1.165, 1.54) is 5.56 Å². The zero-order chi connectivity index (χ0) is 19.1. The van der Waals surface area contributed by atoms with E-state index in [0.717, 1.165) is 31.4 Å². The van der Waals surface area contributed by atoms with Crippen LogP contribution < -0.4 is 14.8 Å². The van der Waals surface area contributed by atoms with Crippen LogP contribution in [0.3, 0.4) is 0 Å². The maximum atomic E-state index is 12.1. The Hall–Kier alpha value is -2.63. The summed E-state index contributed by atoms with van der Waals surface area (Å²) in [5, 5.41) is 3.05. The Balaban J connectivity index is 1.36. The predicted molar refractivity (Wildman–Crippen MR) is 103 cm³/mol. The summed E-state index contributed by atoms with van der Waals surface area (Å²) in [4.78, 5) is 20.3. The first-order valence-electron chi connectivity index (χ1n) is 9.56. The molecular weight excluding hydrogens is 342 g/mol. The van der Waals surface area contributed by atoms with E-state index in [1.807, 2.05) is 24.3 Å². The molecule has 0 unspecified atom stereocenters. The number of nitrogens with one attached hydrogen (secondary N) is 1. The molecule has 1 aromatic carbocycles. The minimum atomic E-state index is -0.0845. The summed E-state index contributed by atoms with van der Waals surface area (Å²) in [5.41, 5.74) is 1.26. The number of aromatic nitrogens is 2. The summed E-state index contributed by atoms with van der Waals surface area (Å²) < 4.78 is 11.4. The van der Waals surface area contributed by atoms with Crippen LogP contribution in [0.4, 0.5) is 0 Å². The number of benzene rings is 1. The third-order valence-electron chi connectivity index (χ3n) is 4.77. The lowest BCUT2D eigenvalue weighted by Gasteiger charge is -2.28. The van der Waals surface area contributed by atoms with E-state index < -0.39 is 0 Å². The topological polar surface area (TPSA) is 73.3 Å². The second-order valence-electron chi connectivity index (χ2n) is 7.20. The molecule has 144 valence electrons. The van der Waals surface area contributed by atoms with Crippen molar-refractivity contribution >= 4 is 5.91 Å². The van der Waals surface area contributed by atoms with Gasteiger partial charge in [-0.25, -0.2) is 9.97 Å². The highest BCUT2D eigenvalue weighted by Crippen LogP contribution is 2.22. The van der Waals surface area contributed by atoms with Crippen molar-refractivity contribution in [2.75, 3.05) is 6.61 Å². The molecule has 27 heavy (non-hydrogen) atoms. The summed E-state index contributed by atoms with van der Waals surface area (Å²) >= 11 is 0. The van der Waals surface area contributed by atoms with Crippen molar-refractivity contribution in [1.29, 1.82) is 0 Å². The van der Waals surface area contributed by atoms with Gasteiger partial charge in [-0.2, -0.15) is 0 Å². The lowest BCUT2D eigenvalue weighted by molar-refractivity contribution is -0.124. The Morgan fingerprint density at radius 2 is 1.78 bits per heavy atom. The normalized spacial score (nSPS) is 19.5. The average Bonchev–Trinajstić information content (AvgIpc) is 2.69. The van der Waals surface area contributed by atoms with E-state index in [9.17, 15) is 4.79 Å². The van der Waals surface area contributed by atoms with Crippen LogP contribution in [-0.4, -0.2) is 34.6 Å². The van der Waals surface area contributed by atoms with Gasteiger partial charge in [0.1, 0.15) is 11.9 Å². The molecule has 0 spiro atoms. The third-order valence-corrected chi connectivity index (χ3v) is 4.77. The Bertz CT molecular complexity index is 711. The van der Waals surface area contributed by atoms with Crippen LogP contribution in [0.2, 0.25) is 0 Å². The SMILES string of the molecule is CC(C)c1ccc(OCC(=O)NC2CCC(Oc3ncccn3)CC2)cc1. The molecule has 1 N–H and O–H groups in total. The van der Waals surface area contributed by atoms with Gasteiger partial charge in [-0.15, -0.1) is 0 Å². The van der Waals surface area contributed by atoms with Crippen molar-refractivity contribution < 1.29 is 14.3 Å². The van der Waals surface area contributed by atoms with Crippen molar-refractivity contribution in [3.63, 3.8) is 0 Å². The zero-order valence-electron chi connectivity index (χ0n) is 15.9. The lowest BCUT2D eigenvalue weighted by Crippen LogP contribution is -2.41. The van der Waals surface area contributed by atoms with Crippen LogP contribution >= 0.6 is 0 Å². The molecule has 1 aliphatic rings. The average molecular weight is 369 g/mol. The molecule has 1 aromatic heterocycles. The molecule has 0 saturated heterocycles. The monoisotopic (exact) mass is 369 g/mol. The van der Waals surface area contributed by atoms with Gasteiger partial charge >= 0.3 is 6.01 Å². The molecule has 0 bridgehead atoms. The number of hydrogen-bond acceptors (Lipinski definition) is 5. The molecule has 1 fully saturated rings. The Kier molecular flexibility index (Phi) is 6.63. The van der Waals surface area contributed by atoms with Crippen molar-refractivity contribution in [3.8, 4) is 11.8 Å². The number of carbonyl (C=O) groups excluding carboxylic acids is 1. The van der Waals surface area contributed by atoms with Crippen molar-refractivity contribution in [2.45, 2.75) is 57.6 Å². The summed E-state index contributed by atoms with van der Waals surface area (Å²) in [5.74, 6) is 1.11. The molecule has 1 heterocycles. The molecule has 3 rings (SSSR count). The second-order valence-corrected chi connectivity index (χ2v) is 7.20. The van der Waals surface area contributed by atoms with Crippen LogP contribution in [0, 0.1) is 0 Å². The molecular formula is C21H27N3O3. The van der Waals surface area contributed by atoms with Gasteiger partial charge in [0.25, 0.3) is 5.91 Å². The molecule has 0 radical (unpaired) electrons. The fraction of sp³-hybridized carbons (Fsp3) is 0.476. The third kappa shape index (κ3) is 5.94. The van der Waals surface area contributed by atoms with Crippen molar-refractivity contribution in [2.24, 2.45) is 0 Å². The Morgan fingerprint density at radius 1 is 1.11 bits per heavy atom. The Morgan fingerprint density at radius 3 is 2.41 bits per heavy atom. The van der Waals surface area contributed by atoms with Gasteiger partial charge in [-0.1, -0.05) is 26.0 Å². The van der Waals surface area contributed by atoms with Crippen LogP contribution in [0.25, 0.3) is 0 Å². The van der Waals surface area contributed by atoms with E-state index >= 15 is 0 Å².